The Morgan fingerprint density at radius 1 is 1.09 bits per heavy atom. The Morgan fingerprint density at radius 2 is 1.87 bits per heavy atom. The van der Waals surface area contributed by atoms with Gasteiger partial charge in [0.25, 0.3) is 11.8 Å². The summed E-state index contributed by atoms with van der Waals surface area (Å²) in [7, 11) is 0. The number of halogens is 2. The van der Waals surface area contributed by atoms with Crippen LogP contribution in [0.3, 0.4) is 0 Å². The third kappa shape index (κ3) is 5.20. The van der Waals surface area contributed by atoms with Crippen molar-refractivity contribution in [2.45, 2.75) is 37.1 Å². The predicted molar refractivity (Wildman–Crippen MR) is 160 cm³/mol. The number of carbonyl (C=O) groups is 3. The minimum Gasteiger partial charge on any atom is -0.347 e. The second-order valence-corrected chi connectivity index (χ2v) is 12.4. The lowest BCUT2D eigenvalue weighted by atomic mass is 10.0. The molecule has 0 radical (unpaired) electrons. The van der Waals surface area contributed by atoms with E-state index in [1.807, 2.05) is 19.1 Å². The second kappa shape index (κ2) is 11.2. The molecular weight excluding hydrogens is 604 g/mol. The average Bonchev–Trinajstić information content (AvgIpc) is 3.88. The summed E-state index contributed by atoms with van der Waals surface area (Å²) in [4.78, 5) is 50.7. The summed E-state index contributed by atoms with van der Waals surface area (Å²) in [6, 6.07) is 12.8. The number of aromatic amines is 1. The average molecular weight is 634 g/mol. The summed E-state index contributed by atoms with van der Waals surface area (Å²) in [5, 5.41) is 5.60. The van der Waals surface area contributed by atoms with Crippen LogP contribution in [-0.4, -0.2) is 70.7 Å². The number of hydrogen-bond acceptors (Lipinski definition) is 7. The topological polar surface area (TPSA) is 126 Å². The molecule has 0 bridgehead atoms. The first-order valence-electron chi connectivity index (χ1n) is 14.5. The summed E-state index contributed by atoms with van der Waals surface area (Å²) >= 11 is 1.49. The van der Waals surface area contributed by atoms with E-state index in [0.29, 0.717) is 18.8 Å². The number of imidazole rings is 1. The quantitative estimate of drug-likeness (QED) is 0.280. The van der Waals surface area contributed by atoms with Gasteiger partial charge in [-0.25, -0.2) is 4.98 Å². The standard InChI is InChI=1S/C32H29F2N5O5S/c1-18(25-8-9-26(45-25)28-35-10-11-36-28)38-30(42)24-15-31(43-12-13-44-31)17-39(24)27(40)16-37-29(41)19-6-7-23-21(14-19)20-4-2-3-5-22(20)32(23,33)34/h2-11,14,18,24H,12-13,15-17H2,1H3,(H,35,36)(H,37,41)(H,38,42)/t18-,24?/m1/s1. The van der Waals surface area contributed by atoms with Gasteiger partial charge in [-0.3, -0.25) is 14.4 Å². The van der Waals surface area contributed by atoms with Gasteiger partial charge in [0.15, 0.2) is 5.79 Å². The van der Waals surface area contributed by atoms with Crippen molar-refractivity contribution >= 4 is 29.1 Å². The number of likely N-dealkylation sites (tertiary alicyclic amines) is 1. The van der Waals surface area contributed by atoms with Crippen molar-refractivity contribution < 1.29 is 32.6 Å². The van der Waals surface area contributed by atoms with Crippen LogP contribution in [-0.2, 0) is 25.0 Å². The largest absolute Gasteiger partial charge is 0.347 e. The molecule has 0 saturated carbocycles. The van der Waals surface area contributed by atoms with Crippen molar-refractivity contribution in [3.8, 4) is 21.8 Å². The summed E-state index contributed by atoms with van der Waals surface area (Å²) in [6.45, 7) is 2.17. The Labute approximate surface area is 260 Å². The first-order chi connectivity index (χ1) is 21.6. The number of rotatable bonds is 7. The van der Waals surface area contributed by atoms with E-state index in [1.165, 1.54) is 40.5 Å². The third-order valence-corrected chi connectivity index (χ3v) is 9.72. The predicted octanol–water partition coefficient (Wildman–Crippen LogP) is 4.21. The SMILES string of the molecule is C[C@@H](NC(=O)C1CC2(CN1C(=O)CNC(=O)c1ccc3c(c1)-c1ccccc1C3(F)F)OCCO2)c1ccc(-c2ncc[nH]2)s1. The minimum atomic E-state index is -3.16. The lowest BCUT2D eigenvalue weighted by Crippen LogP contribution is -2.49. The fourth-order valence-corrected chi connectivity index (χ4v) is 7.18. The van der Waals surface area contributed by atoms with Gasteiger partial charge in [-0.15, -0.1) is 11.3 Å². The first kappa shape index (κ1) is 29.3. The Morgan fingerprint density at radius 3 is 2.64 bits per heavy atom. The van der Waals surface area contributed by atoms with Gasteiger partial charge in [-0.05, 0) is 42.3 Å². The van der Waals surface area contributed by atoms with Crippen LogP contribution in [0.1, 0.15) is 45.7 Å². The molecule has 45 heavy (non-hydrogen) atoms. The molecule has 1 aliphatic carbocycles. The number of H-pyrrole nitrogens is 1. The molecule has 10 nitrogen and oxygen atoms in total. The lowest BCUT2D eigenvalue weighted by molar-refractivity contribution is -0.152. The van der Waals surface area contributed by atoms with E-state index < -0.39 is 36.1 Å². The summed E-state index contributed by atoms with van der Waals surface area (Å²) in [5.41, 5.74) is 0.507. The molecule has 232 valence electrons. The molecule has 2 saturated heterocycles. The molecule has 4 heterocycles. The molecule has 7 rings (SSSR count). The second-order valence-electron chi connectivity index (χ2n) is 11.3. The highest BCUT2D eigenvalue weighted by atomic mass is 32.1. The van der Waals surface area contributed by atoms with Gasteiger partial charge in [0, 0.05) is 40.4 Å². The maximum atomic E-state index is 14.9. The highest BCUT2D eigenvalue weighted by Crippen LogP contribution is 2.51. The van der Waals surface area contributed by atoms with Crippen LogP contribution in [0, 0.1) is 0 Å². The smallest absolute Gasteiger partial charge is 0.299 e. The molecule has 3 amide bonds. The van der Waals surface area contributed by atoms with Crippen molar-refractivity contribution in [3.63, 3.8) is 0 Å². The molecular formula is C32H29F2N5O5S. The van der Waals surface area contributed by atoms with Crippen LogP contribution >= 0.6 is 11.3 Å². The van der Waals surface area contributed by atoms with E-state index in [1.54, 1.807) is 30.6 Å². The monoisotopic (exact) mass is 633 g/mol. The zero-order valence-electron chi connectivity index (χ0n) is 24.1. The Bertz CT molecular complexity index is 1790. The highest BCUT2D eigenvalue weighted by molar-refractivity contribution is 7.15. The number of benzene rings is 2. The number of carbonyl (C=O) groups excluding carboxylic acids is 3. The normalized spacial score (nSPS) is 19.7. The zero-order valence-corrected chi connectivity index (χ0v) is 25.0. The van der Waals surface area contributed by atoms with Crippen LogP contribution in [0.2, 0.25) is 0 Å². The number of ether oxygens (including phenoxy) is 2. The summed E-state index contributed by atoms with van der Waals surface area (Å²) in [5.74, 6) is -4.99. The molecule has 2 fully saturated rings. The number of fused-ring (bicyclic) bond motifs is 3. The molecule has 2 aromatic carbocycles. The van der Waals surface area contributed by atoms with Crippen molar-refractivity contribution in [2.24, 2.45) is 0 Å². The fraction of sp³-hybridized carbons (Fsp3) is 0.312. The van der Waals surface area contributed by atoms with Gasteiger partial charge in [0.05, 0.1) is 37.2 Å². The van der Waals surface area contributed by atoms with E-state index in [4.69, 9.17) is 9.47 Å². The summed E-state index contributed by atoms with van der Waals surface area (Å²) in [6.07, 6.45) is 3.55. The molecule has 1 unspecified atom stereocenters. The van der Waals surface area contributed by atoms with E-state index in [0.717, 1.165) is 15.6 Å². The number of amides is 3. The van der Waals surface area contributed by atoms with E-state index in [9.17, 15) is 23.2 Å². The molecule has 4 aromatic rings. The molecule has 2 aliphatic heterocycles. The summed E-state index contributed by atoms with van der Waals surface area (Å²) < 4.78 is 41.5. The lowest BCUT2D eigenvalue weighted by Gasteiger charge is -2.25. The number of nitrogens with one attached hydrogen (secondary N) is 3. The number of hydrogen-bond donors (Lipinski definition) is 3. The van der Waals surface area contributed by atoms with Crippen LogP contribution < -0.4 is 10.6 Å². The van der Waals surface area contributed by atoms with Gasteiger partial charge in [0.2, 0.25) is 11.8 Å². The first-order valence-corrected chi connectivity index (χ1v) is 15.3. The van der Waals surface area contributed by atoms with Crippen LogP contribution in [0.15, 0.2) is 67.0 Å². The number of aromatic nitrogens is 2. The van der Waals surface area contributed by atoms with Crippen LogP contribution in [0.5, 0.6) is 0 Å². The van der Waals surface area contributed by atoms with Crippen molar-refractivity contribution in [1.29, 1.82) is 0 Å². The Hall–Kier alpha value is -4.46. The van der Waals surface area contributed by atoms with Gasteiger partial charge in [-0.2, -0.15) is 8.78 Å². The zero-order chi connectivity index (χ0) is 31.3. The third-order valence-electron chi connectivity index (χ3n) is 8.45. The van der Waals surface area contributed by atoms with Gasteiger partial charge in [-0.1, -0.05) is 30.3 Å². The number of thiophene rings is 1. The Balaban J connectivity index is 1.04. The molecule has 2 atom stereocenters. The molecule has 1 spiro atoms. The van der Waals surface area contributed by atoms with Crippen LogP contribution in [0.4, 0.5) is 8.78 Å². The van der Waals surface area contributed by atoms with Crippen molar-refractivity contribution in [2.75, 3.05) is 26.3 Å². The van der Waals surface area contributed by atoms with Crippen LogP contribution in [0.25, 0.3) is 21.8 Å². The highest BCUT2D eigenvalue weighted by Gasteiger charge is 2.52. The van der Waals surface area contributed by atoms with E-state index in [2.05, 4.69) is 20.6 Å². The molecule has 2 aromatic heterocycles. The molecule has 13 heteroatoms. The van der Waals surface area contributed by atoms with E-state index >= 15 is 0 Å². The number of nitrogens with zero attached hydrogens (tertiary/aromatic N) is 2. The minimum absolute atomic E-state index is 0.0283. The van der Waals surface area contributed by atoms with E-state index in [-0.39, 0.29) is 47.2 Å². The van der Waals surface area contributed by atoms with Gasteiger partial charge in [0.1, 0.15) is 11.9 Å². The molecule has 3 N–H and O–H groups in total. The fourth-order valence-electron chi connectivity index (χ4n) is 6.21. The van der Waals surface area contributed by atoms with Crippen molar-refractivity contribution in [3.05, 3.63) is 88.6 Å². The Kier molecular flexibility index (Phi) is 7.26. The maximum absolute atomic E-state index is 14.9. The molecule has 3 aliphatic rings. The van der Waals surface area contributed by atoms with Crippen molar-refractivity contribution in [1.82, 2.24) is 25.5 Å². The van der Waals surface area contributed by atoms with Gasteiger partial charge >= 0.3 is 0 Å². The van der Waals surface area contributed by atoms with Gasteiger partial charge < -0.3 is 30.0 Å². The number of alkyl halides is 2. The maximum Gasteiger partial charge on any atom is 0.299 e.